The molecule has 4 nitrogen and oxygen atoms in total. The lowest BCUT2D eigenvalue weighted by molar-refractivity contribution is -0.142. The molecule has 0 N–H and O–H groups in total. The van der Waals surface area contributed by atoms with Crippen molar-refractivity contribution >= 4 is 12.3 Å². The van der Waals surface area contributed by atoms with Crippen molar-refractivity contribution in [2.45, 2.75) is 5.92 Å². The first-order valence-corrected chi connectivity index (χ1v) is 3.98. The summed E-state index contributed by atoms with van der Waals surface area (Å²) in [6.07, 6.45) is 4.35. The van der Waals surface area contributed by atoms with Gasteiger partial charge >= 0.3 is 5.97 Å². The molecule has 0 bridgehead atoms. The predicted octanol–water partition coefficient (Wildman–Crippen LogP) is 1.20. The van der Waals surface area contributed by atoms with Crippen LogP contribution in [0, 0.1) is 0 Å². The Kier molecular flexibility index (Phi) is 3.67. The van der Waals surface area contributed by atoms with Gasteiger partial charge in [-0.2, -0.15) is 0 Å². The number of furan rings is 1. The van der Waals surface area contributed by atoms with Crippen molar-refractivity contribution in [2.24, 2.45) is 0 Å². The average molecular weight is 193 g/mol. The molecule has 0 amide bonds. The van der Waals surface area contributed by atoms with Crippen LogP contribution in [0.3, 0.4) is 0 Å². The van der Waals surface area contributed by atoms with Gasteiger partial charge in [0.2, 0.25) is 6.29 Å². The average Bonchev–Trinajstić information content (AvgIpc) is 2.69. The van der Waals surface area contributed by atoms with Crippen LogP contribution >= 0.6 is 0 Å². The van der Waals surface area contributed by atoms with Gasteiger partial charge < -0.3 is 9.15 Å². The van der Waals surface area contributed by atoms with E-state index in [0.717, 1.165) is 0 Å². The zero-order valence-corrected chi connectivity index (χ0v) is 7.43. The normalized spacial score (nSPS) is 11.7. The first-order chi connectivity index (χ1) is 6.79. The molecule has 1 rings (SSSR count). The molecular formula is C10H9O4. The molecule has 0 aliphatic rings. The minimum atomic E-state index is -1.11. The second kappa shape index (κ2) is 5.01. The SMILES string of the molecule is C=CCOC(=O)C([C]=O)c1ccco1. The van der Waals surface area contributed by atoms with Gasteiger partial charge in [0, 0.05) is 0 Å². The Balaban J connectivity index is 2.67. The fraction of sp³-hybridized carbons (Fsp3) is 0.200. The van der Waals surface area contributed by atoms with Crippen LogP contribution in [-0.4, -0.2) is 18.9 Å². The number of carbonyl (C=O) groups excluding carboxylic acids is 2. The molecule has 1 aromatic rings. The smallest absolute Gasteiger partial charge is 0.325 e. The van der Waals surface area contributed by atoms with Crippen molar-refractivity contribution in [3.05, 3.63) is 36.8 Å². The highest BCUT2D eigenvalue weighted by molar-refractivity contribution is 5.93. The van der Waals surface area contributed by atoms with Gasteiger partial charge in [-0.05, 0) is 12.1 Å². The number of ether oxygens (including phenoxy) is 1. The molecule has 0 fully saturated rings. The lowest BCUT2D eigenvalue weighted by atomic mass is 10.1. The molecule has 1 unspecified atom stereocenters. The predicted molar refractivity (Wildman–Crippen MR) is 48.3 cm³/mol. The molecule has 1 atom stereocenters. The molecular weight excluding hydrogens is 184 g/mol. The topological polar surface area (TPSA) is 56.5 Å². The van der Waals surface area contributed by atoms with Crippen LogP contribution in [0.5, 0.6) is 0 Å². The first kappa shape index (κ1) is 10.2. The highest BCUT2D eigenvalue weighted by Crippen LogP contribution is 2.15. The van der Waals surface area contributed by atoms with Gasteiger partial charge in [-0.15, -0.1) is 0 Å². The molecule has 0 spiro atoms. The monoisotopic (exact) mass is 193 g/mol. The third-order valence-electron chi connectivity index (χ3n) is 1.52. The first-order valence-electron chi connectivity index (χ1n) is 3.98. The van der Waals surface area contributed by atoms with Gasteiger partial charge in [0.1, 0.15) is 12.4 Å². The number of hydrogen-bond donors (Lipinski definition) is 0. The molecule has 14 heavy (non-hydrogen) atoms. The van der Waals surface area contributed by atoms with Crippen LogP contribution in [0.1, 0.15) is 11.7 Å². The van der Waals surface area contributed by atoms with E-state index in [2.05, 4.69) is 11.3 Å². The maximum absolute atomic E-state index is 11.2. The molecule has 0 aliphatic carbocycles. The van der Waals surface area contributed by atoms with Crippen LogP contribution in [-0.2, 0) is 14.3 Å². The Morgan fingerprint density at radius 2 is 2.57 bits per heavy atom. The van der Waals surface area contributed by atoms with Gasteiger partial charge in [-0.1, -0.05) is 12.7 Å². The van der Waals surface area contributed by atoms with E-state index in [1.54, 1.807) is 12.4 Å². The third-order valence-corrected chi connectivity index (χ3v) is 1.52. The summed E-state index contributed by atoms with van der Waals surface area (Å²) in [5.74, 6) is -1.56. The van der Waals surface area contributed by atoms with Crippen molar-refractivity contribution in [3.63, 3.8) is 0 Å². The zero-order valence-electron chi connectivity index (χ0n) is 7.43. The van der Waals surface area contributed by atoms with E-state index in [1.165, 1.54) is 18.4 Å². The summed E-state index contributed by atoms with van der Waals surface area (Å²) in [6, 6.07) is 3.10. The van der Waals surface area contributed by atoms with Crippen LogP contribution < -0.4 is 0 Å². The number of rotatable bonds is 5. The molecule has 0 saturated heterocycles. The maximum Gasteiger partial charge on any atom is 0.325 e. The summed E-state index contributed by atoms with van der Waals surface area (Å²) in [4.78, 5) is 21.7. The largest absolute Gasteiger partial charge is 0.468 e. The van der Waals surface area contributed by atoms with E-state index in [1.807, 2.05) is 0 Å². The lowest BCUT2D eigenvalue weighted by Gasteiger charge is -2.05. The summed E-state index contributed by atoms with van der Waals surface area (Å²) in [5, 5.41) is 0. The van der Waals surface area contributed by atoms with Crippen molar-refractivity contribution in [1.29, 1.82) is 0 Å². The van der Waals surface area contributed by atoms with E-state index < -0.39 is 11.9 Å². The van der Waals surface area contributed by atoms with E-state index in [0.29, 0.717) is 0 Å². The second-order valence-electron chi connectivity index (χ2n) is 2.48. The summed E-state index contributed by atoms with van der Waals surface area (Å²) in [7, 11) is 0. The van der Waals surface area contributed by atoms with Crippen molar-refractivity contribution in [1.82, 2.24) is 0 Å². The van der Waals surface area contributed by atoms with Gasteiger partial charge in [0.05, 0.1) is 6.26 Å². The van der Waals surface area contributed by atoms with E-state index in [-0.39, 0.29) is 12.4 Å². The highest BCUT2D eigenvalue weighted by atomic mass is 16.5. The Morgan fingerprint density at radius 3 is 3.07 bits per heavy atom. The molecule has 1 heterocycles. The van der Waals surface area contributed by atoms with E-state index in [4.69, 9.17) is 4.42 Å². The Morgan fingerprint density at radius 1 is 1.79 bits per heavy atom. The molecule has 4 heteroatoms. The van der Waals surface area contributed by atoms with Crippen molar-refractivity contribution in [3.8, 4) is 0 Å². The minimum absolute atomic E-state index is 0.0672. The fourth-order valence-electron chi connectivity index (χ4n) is 0.902. The standard InChI is InChI=1S/C10H9O4/c1-2-5-14-10(12)8(7-11)9-4-3-6-13-9/h2-4,6,8H,1,5H2. The highest BCUT2D eigenvalue weighted by Gasteiger charge is 2.24. The van der Waals surface area contributed by atoms with Crippen LogP contribution in [0.2, 0.25) is 0 Å². The quantitative estimate of drug-likeness (QED) is 0.400. The van der Waals surface area contributed by atoms with Gasteiger partial charge in [0.15, 0.2) is 5.92 Å². The second-order valence-corrected chi connectivity index (χ2v) is 2.48. The Bertz CT molecular complexity index is 313. The summed E-state index contributed by atoms with van der Waals surface area (Å²) in [6.45, 7) is 3.45. The summed E-state index contributed by atoms with van der Waals surface area (Å²) in [5.41, 5.74) is 0. The number of esters is 1. The van der Waals surface area contributed by atoms with E-state index in [9.17, 15) is 9.59 Å². The molecule has 73 valence electrons. The molecule has 1 radical (unpaired) electrons. The molecule has 0 saturated carbocycles. The zero-order chi connectivity index (χ0) is 10.4. The van der Waals surface area contributed by atoms with E-state index >= 15 is 0 Å². The molecule has 0 aromatic carbocycles. The Labute approximate surface area is 81.2 Å². The third kappa shape index (κ3) is 2.32. The molecule has 0 aliphatic heterocycles. The van der Waals surface area contributed by atoms with Gasteiger partial charge in [-0.3, -0.25) is 9.59 Å². The van der Waals surface area contributed by atoms with Crippen molar-refractivity contribution < 1.29 is 18.7 Å². The Hall–Kier alpha value is -1.84. The van der Waals surface area contributed by atoms with Crippen LogP contribution in [0.4, 0.5) is 0 Å². The van der Waals surface area contributed by atoms with Crippen molar-refractivity contribution in [2.75, 3.05) is 6.61 Å². The summed E-state index contributed by atoms with van der Waals surface area (Å²) >= 11 is 0. The fourth-order valence-corrected chi connectivity index (χ4v) is 0.902. The van der Waals surface area contributed by atoms with Crippen LogP contribution in [0.15, 0.2) is 35.5 Å². The van der Waals surface area contributed by atoms with Gasteiger partial charge in [0.25, 0.3) is 0 Å². The summed E-state index contributed by atoms with van der Waals surface area (Å²) < 4.78 is 9.59. The van der Waals surface area contributed by atoms with Crippen LogP contribution in [0.25, 0.3) is 0 Å². The maximum atomic E-state index is 11.2. The minimum Gasteiger partial charge on any atom is -0.468 e. The number of hydrogen-bond acceptors (Lipinski definition) is 4. The lowest BCUT2D eigenvalue weighted by Crippen LogP contribution is -2.16. The van der Waals surface area contributed by atoms with Gasteiger partial charge in [-0.25, -0.2) is 0 Å². The number of carbonyl (C=O) groups is 1. The molecule has 1 aromatic heterocycles.